The molecular weight excluding hydrogens is 160 g/mol. The highest BCUT2D eigenvalue weighted by atomic mass is 16.8. The van der Waals surface area contributed by atoms with Gasteiger partial charge in [0.2, 0.25) is 0 Å². The van der Waals surface area contributed by atoms with Gasteiger partial charge in [-0.1, -0.05) is 38.5 Å². The van der Waals surface area contributed by atoms with Crippen molar-refractivity contribution in [2.24, 2.45) is 11.8 Å². The van der Waals surface area contributed by atoms with Crippen molar-refractivity contribution in [3.63, 3.8) is 0 Å². The van der Waals surface area contributed by atoms with Crippen LogP contribution in [-0.2, 0) is 9.68 Å². The van der Waals surface area contributed by atoms with Gasteiger partial charge in [0.1, 0.15) is 0 Å². The standard InChI is InChI=1S/C6H12.CH4N2O3/c1-2-4-6-5-3-1;2-5-1(4)6-3/h1-6H2;2-3H2. The fourth-order valence-corrected chi connectivity index (χ4v) is 1.09. The molecule has 0 radical (unpaired) electrons. The lowest BCUT2D eigenvalue weighted by Gasteiger charge is -2.05. The number of rotatable bonds is 0. The molecule has 1 aliphatic rings. The van der Waals surface area contributed by atoms with Crippen LogP contribution in [0.2, 0.25) is 0 Å². The summed E-state index contributed by atoms with van der Waals surface area (Å²) in [6, 6.07) is 0. The third kappa shape index (κ3) is 7.30. The van der Waals surface area contributed by atoms with Crippen LogP contribution in [0.3, 0.4) is 0 Å². The second kappa shape index (κ2) is 8.29. The predicted molar refractivity (Wildman–Crippen MR) is 43.6 cm³/mol. The van der Waals surface area contributed by atoms with E-state index in [1.54, 1.807) is 0 Å². The van der Waals surface area contributed by atoms with Crippen LogP contribution in [0.5, 0.6) is 0 Å². The summed E-state index contributed by atoms with van der Waals surface area (Å²) in [5.41, 5.74) is 0. The van der Waals surface area contributed by atoms with E-state index in [0.29, 0.717) is 0 Å². The average Bonchev–Trinajstić information content (AvgIpc) is 2.20. The SMILES string of the molecule is C1CCCCC1.NOC(=O)ON. The van der Waals surface area contributed by atoms with Crippen molar-refractivity contribution in [2.45, 2.75) is 38.5 Å². The van der Waals surface area contributed by atoms with Crippen molar-refractivity contribution >= 4 is 6.16 Å². The Labute approximate surface area is 71.9 Å². The lowest BCUT2D eigenvalue weighted by atomic mass is 10.0. The summed E-state index contributed by atoms with van der Waals surface area (Å²) in [4.78, 5) is 16.3. The Bertz CT molecular complexity index is 97.7. The second-order valence-electron chi connectivity index (χ2n) is 2.61. The minimum Gasteiger partial charge on any atom is -0.340 e. The van der Waals surface area contributed by atoms with Crippen LogP contribution in [-0.4, -0.2) is 6.16 Å². The molecule has 1 saturated carbocycles. The lowest BCUT2D eigenvalue weighted by molar-refractivity contribution is 0.0551. The first-order chi connectivity index (χ1) is 5.81. The Morgan fingerprint density at radius 1 is 0.833 bits per heavy atom. The zero-order valence-electron chi connectivity index (χ0n) is 7.12. The van der Waals surface area contributed by atoms with Gasteiger partial charge < -0.3 is 9.68 Å². The number of hydrogen-bond donors (Lipinski definition) is 2. The topological polar surface area (TPSA) is 87.6 Å². The van der Waals surface area contributed by atoms with Gasteiger partial charge in [-0.25, -0.2) is 0 Å². The van der Waals surface area contributed by atoms with Gasteiger partial charge in [-0.3, -0.25) is 0 Å². The van der Waals surface area contributed by atoms with Crippen molar-refractivity contribution in [3.05, 3.63) is 0 Å². The summed E-state index contributed by atoms with van der Waals surface area (Å²) in [5.74, 6) is 8.46. The number of carbonyl (C=O) groups is 1. The molecule has 0 aromatic rings. The maximum absolute atomic E-state index is 9.49. The third-order valence-electron chi connectivity index (χ3n) is 1.69. The molecule has 0 saturated heterocycles. The highest BCUT2D eigenvalue weighted by Crippen LogP contribution is 2.15. The number of nitrogens with two attached hydrogens (primary N) is 2. The molecule has 0 atom stereocenters. The first kappa shape index (κ1) is 11.2. The maximum Gasteiger partial charge on any atom is 0.546 e. The molecule has 72 valence electrons. The molecule has 12 heavy (non-hydrogen) atoms. The zero-order chi connectivity index (χ0) is 9.23. The van der Waals surface area contributed by atoms with Gasteiger partial charge in [-0.15, -0.1) is 0 Å². The minimum atomic E-state index is -1.10. The van der Waals surface area contributed by atoms with Crippen LogP contribution in [0.4, 0.5) is 4.79 Å². The monoisotopic (exact) mass is 176 g/mol. The van der Waals surface area contributed by atoms with E-state index in [-0.39, 0.29) is 0 Å². The Balaban J connectivity index is 0.000000202. The van der Waals surface area contributed by atoms with Gasteiger partial charge in [-0.05, 0) is 0 Å². The highest BCUT2D eigenvalue weighted by Gasteiger charge is 1.95. The van der Waals surface area contributed by atoms with Gasteiger partial charge >= 0.3 is 6.16 Å². The quantitative estimate of drug-likeness (QED) is 0.542. The van der Waals surface area contributed by atoms with Crippen molar-refractivity contribution in [1.82, 2.24) is 0 Å². The van der Waals surface area contributed by atoms with E-state index in [2.05, 4.69) is 21.5 Å². The van der Waals surface area contributed by atoms with Crippen LogP contribution < -0.4 is 11.8 Å². The molecule has 1 fully saturated rings. The van der Waals surface area contributed by atoms with E-state index in [0.717, 1.165) is 0 Å². The molecule has 0 heterocycles. The van der Waals surface area contributed by atoms with Gasteiger partial charge in [0, 0.05) is 0 Å². The summed E-state index contributed by atoms with van der Waals surface area (Å²) in [7, 11) is 0. The van der Waals surface area contributed by atoms with Crippen molar-refractivity contribution in [2.75, 3.05) is 0 Å². The van der Waals surface area contributed by atoms with E-state index < -0.39 is 6.16 Å². The molecule has 0 bridgehead atoms. The van der Waals surface area contributed by atoms with Crippen LogP contribution in [0.15, 0.2) is 0 Å². The molecule has 0 spiro atoms. The van der Waals surface area contributed by atoms with Crippen molar-refractivity contribution in [3.8, 4) is 0 Å². The smallest absolute Gasteiger partial charge is 0.340 e. The first-order valence-electron chi connectivity index (χ1n) is 4.08. The van der Waals surface area contributed by atoms with E-state index >= 15 is 0 Å². The van der Waals surface area contributed by atoms with E-state index in [1.165, 1.54) is 38.5 Å². The average molecular weight is 176 g/mol. The Morgan fingerprint density at radius 3 is 1.17 bits per heavy atom. The summed E-state index contributed by atoms with van der Waals surface area (Å²) in [6.07, 6.45) is 7.90. The molecule has 1 rings (SSSR count). The maximum atomic E-state index is 9.49. The molecule has 5 heteroatoms. The molecule has 0 amide bonds. The van der Waals surface area contributed by atoms with Crippen LogP contribution >= 0.6 is 0 Å². The normalized spacial score (nSPS) is 15.5. The van der Waals surface area contributed by atoms with E-state index in [1.807, 2.05) is 0 Å². The molecule has 0 aromatic carbocycles. The Morgan fingerprint density at radius 2 is 1.08 bits per heavy atom. The summed E-state index contributed by atoms with van der Waals surface area (Å²) < 4.78 is 0. The number of carbonyl (C=O) groups excluding carboxylic acids is 1. The van der Waals surface area contributed by atoms with Gasteiger partial charge in [-0.2, -0.15) is 16.6 Å². The molecule has 1 aliphatic carbocycles. The van der Waals surface area contributed by atoms with E-state index in [4.69, 9.17) is 0 Å². The predicted octanol–water partition coefficient (Wildman–Crippen LogP) is 1.23. The molecule has 0 aromatic heterocycles. The fraction of sp³-hybridized carbons (Fsp3) is 0.857. The van der Waals surface area contributed by atoms with Crippen molar-refractivity contribution in [1.29, 1.82) is 0 Å². The Kier molecular flexibility index (Phi) is 7.73. The highest BCUT2D eigenvalue weighted by molar-refractivity contribution is 5.58. The van der Waals surface area contributed by atoms with Crippen LogP contribution in [0.1, 0.15) is 38.5 Å². The van der Waals surface area contributed by atoms with Gasteiger partial charge in [0.25, 0.3) is 0 Å². The molecule has 5 nitrogen and oxygen atoms in total. The van der Waals surface area contributed by atoms with Gasteiger partial charge in [0.15, 0.2) is 0 Å². The molecule has 0 unspecified atom stereocenters. The van der Waals surface area contributed by atoms with E-state index in [9.17, 15) is 4.79 Å². The van der Waals surface area contributed by atoms with Gasteiger partial charge in [0.05, 0.1) is 0 Å². The summed E-state index contributed by atoms with van der Waals surface area (Å²) in [6.45, 7) is 0. The summed E-state index contributed by atoms with van der Waals surface area (Å²) >= 11 is 0. The zero-order valence-corrected chi connectivity index (χ0v) is 7.12. The molecular formula is C7H16N2O3. The lowest BCUT2D eigenvalue weighted by Crippen LogP contribution is -2.15. The van der Waals surface area contributed by atoms with Crippen molar-refractivity contribution < 1.29 is 14.5 Å². The fourth-order valence-electron chi connectivity index (χ4n) is 1.09. The molecule has 0 aliphatic heterocycles. The van der Waals surface area contributed by atoms with Crippen LogP contribution in [0, 0.1) is 0 Å². The third-order valence-corrected chi connectivity index (χ3v) is 1.69. The number of hydrogen-bond acceptors (Lipinski definition) is 5. The van der Waals surface area contributed by atoms with Crippen LogP contribution in [0.25, 0.3) is 0 Å². The summed E-state index contributed by atoms with van der Waals surface area (Å²) in [5, 5.41) is 0. The Hall–Kier alpha value is -0.810. The second-order valence-corrected chi connectivity index (χ2v) is 2.61. The largest absolute Gasteiger partial charge is 0.546 e. The first-order valence-corrected chi connectivity index (χ1v) is 4.08. The molecule has 4 N–H and O–H groups in total. The minimum absolute atomic E-state index is 1.10.